The van der Waals surface area contributed by atoms with Crippen molar-refractivity contribution in [2.24, 2.45) is 0 Å². The number of rotatable bonds is 9. The van der Waals surface area contributed by atoms with Gasteiger partial charge in [0, 0.05) is 42.5 Å². The van der Waals surface area contributed by atoms with Crippen LogP contribution in [-0.2, 0) is 16.6 Å². The molecular formula is C30H28N2O5S. The third-order valence-electron chi connectivity index (χ3n) is 6.61. The summed E-state index contributed by atoms with van der Waals surface area (Å²) in [6, 6.07) is 27.9. The second-order valence-corrected chi connectivity index (χ2v) is 11.3. The first-order chi connectivity index (χ1) is 18.3. The molecule has 0 aliphatic heterocycles. The van der Waals surface area contributed by atoms with Crippen molar-refractivity contribution in [3.63, 3.8) is 0 Å². The van der Waals surface area contributed by atoms with E-state index in [4.69, 9.17) is 4.74 Å². The topological polar surface area (TPSA) is 88.8 Å². The van der Waals surface area contributed by atoms with Gasteiger partial charge in [0.2, 0.25) is 10.0 Å². The fourth-order valence-corrected chi connectivity index (χ4v) is 5.75. The summed E-state index contributed by atoms with van der Waals surface area (Å²) in [4.78, 5) is 12.7. The third kappa shape index (κ3) is 4.64. The molecule has 0 bridgehead atoms. The summed E-state index contributed by atoms with van der Waals surface area (Å²) >= 11 is 0. The van der Waals surface area contributed by atoms with Gasteiger partial charge in [-0.25, -0.2) is 17.5 Å². The Morgan fingerprint density at radius 3 is 2.34 bits per heavy atom. The first-order valence-electron chi connectivity index (χ1n) is 12.3. The van der Waals surface area contributed by atoms with Crippen LogP contribution < -0.4 is 4.74 Å². The van der Waals surface area contributed by atoms with Crippen molar-refractivity contribution in [2.45, 2.75) is 17.9 Å². The zero-order chi connectivity index (χ0) is 26.9. The van der Waals surface area contributed by atoms with Crippen molar-refractivity contribution < 1.29 is 23.1 Å². The molecule has 0 aliphatic carbocycles. The van der Waals surface area contributed by atoms with Crippen LogP contribution in [0.2, 0.25) is 0 Å². The Kier molecular flexibility index (Phi) is 6.93. The Labute approximate surface area is 221 Å². The number of fused-ring (bicyclic) bond motifs is 2. The van der Waals surface area contributed by atoms with E-state index < -0.39 is 16.0 Å². The molecule has 7 nitrogen and oxygen atoms in total. The fraction of sp³-hybridized carbons (Fsp3) is 0.167. The number of sulfonamides is 1. The van der Waals surface area contributed by atoms with Gasteiger partial charge >= 0.3 is 5.97 Å². The van der Waals surface area contributed by atoms with E-state index in [0.717, 1.165) is 31.7 Å². The number of aromatic carboxylic acids is 1. The van der Waals surface area contributed by atoms with Gasteiger partial charge in [-0.15, -0.1) is 0 Å². The smallest absolute Gasteiger partial charge is 0.353 e. The van der Waals surface area contributed by atoms with E-state index in [9.17, 15) is 18.3 Å². The molecule has 0 aliphatic rings. The van der Waals surface area contributed by atoms with Gasteiger partial charge in [0.15, 0.2) is 0 Å². The molecular weight excluding hydrogens is 500 g/mol. The number of carboxylic acid groups (broad SMARTS) is 1. The van der Waals surface area contributed by atoms with E-state index in [1.54, 1.807) is 16.7 Å². The summed E-state index contributed by atoms with van der Waals surface area (Å²) < 4.78 is 34.5. The molecule has 0 amide bonds. The molecule has 0 atom stereocenters. The number of hydrogen-bond acceptors (Lipinski definition) is 4. The first kappa shape index (κ1) is 25.5. The highest BCUT2D eigenvalue weighted by Gasteiger charge is 2.25. The molecule has 1 N–H and O–H groups in total. The molecule has 0 saturated carbocycles. The monoisotopic (exact) mass is 528 g/mol. The predicted molar refractivity (Wildman–Crippen MR) is 149 cm³/mol. The fourth-order valence-electron chi connectivity index (χ4n) is 4.80. The minimum absolute atomic E-state index is 0.108. The second-order valence-electron chi connectivity index (χ2n) is 9.19. The minimum Gasteiger partial charge on any atom is -0.493 e. The average Bonchev–Trinajstić information content (AvgIpc) is 3.26. The van der Waals surface area contributed by atoms with Crippen molar-refractivity contribution in [1.29, 1.82) is 0 Å². The van der Waals surface area contributed by atoms with Crippen LogP contribution in [0.5, 0.6) is 5.75 Å². The molecule has 4 aromatic carbocycles. The number of para-hydroxylation sites is 1. The molecule has 0 unspecified atom stereocenters. The van der Waals surface area contributed by atoms with E-state index >= 15 is 0 Å². The number of ether oxygens (including phenoxy) is 1. The van der Waals surface area contributed by atoms with E-state index in [0.29, 0.717) is 30.7 Å². The Hall–Kier alpha value is -4.14. The molecule has 0 radical (unpaired) electrons. The predicted octanol–water partition coefficient (Wildman–Crippen LogP) is 5.88. The van der Waals surface area contributed by atoms with Gasteiger partial charge in [0.1, 0.15) is 11.4 Å². The van der Waals surface area contributed by atoms with Gasteiger partial charge in [0.25, 0.3) is 0 Å². The van der Waals surface area contributed by atoms with Crippen LogP contribution in [0.4, 0.5) is 0 Å². The van der Waals surface area contributed by atoms with Crippen LogP contribution in [-0.4, -0.2) is 49.1 Å². The van der Waals surface area contributed by atoms with Gasteiger partial charge in [0.05, 0.1) is 11.5 Å². The lowest BCUT2D eigenvalue weighted by Gasteiger charge is -2.13. The zero-order valence-corrected chi connectivity index (χ0v) is 22.0. The van der Waals surface area contributed by atoms with Crippen LogP contribution in [0.15, 0.2) is 95.9 Å². The normalized spacial score (nSPS) is 11.9. The maximum absolute atomic E-state index is 12.8. The summed E-state index contributed by atoms with van der Waals surface area (Å²) in [6.45, 7) is 0.827. The van der Waals surface area contributed by atoms with Crippen LogP contribution in [0, 0.1) is 0 Å². The number of carbonyl (C=O) groups is 1. The lowest BCUT2D eigenvalue weighted by Crippen LogP contribution is -2.22. The number of aryl methyl sites for hydroxylation is 1. The van der Waals surface area contributed by atoms with Crippen molar-refractivity contribution in [3.05, 3.63) is 96.7 Å². The van der Waals surface area contributed by atoms with Crippen molar-refractivity contribution in [2.75, 3.05) is 20.7 Å². The number of hydrogen-bond donors (Lipinski definition) is 1. The number of aromatic nitrogens is 1. The Bertz CT molecular complexity index is 1750. The highest BCUT2D eigenvalue weighted by atomic mass is 32.2. The van der Waals surface area contributed by atoms with Crippen LogP contribution in [0.25, 0.3) is 32.8 Å². The van der Waals surface area contributed by atoms with Gasteiger partial charge in [-0.3, -0.25) is 0 Å². The van der Waals surface area contributed by atoms with Crippen LogP contribution >= 0.6 is 0 Å². The standard InChI is InChI=1S/C30H28N2O5S/c1-31(2)38(35,36)23-13-7-12-22(20-23)28-25-15-5-6-16-26(25)32(29(28)30(33)34)18-9-19-37-27-17-8-11-21-10-3-4-14-24(21)27/h3-8,10-17,20H,9,18-19H2,1-2H3,(H,33,34). The summed E-state index contributed by atoms with van der Waals surface area (Å²) in [7, 11) is -0.746. The number of carboxylic acids is 1. The summed E-state index contributed by atoms with van der Waals surface area (Å²) in [5, 5.41) is 13.2. The average molecular weight is 529 g/mol. The highest BCUT2D eigenvalue weighted by Crippen LogP contribution is 2.36. The SMILES string of the molecule is CN(C)S(=O)(=O)c1cccc(-c2c(C(=O)O)n(CCCOc3cccc4ccccc34)c3ccccc23)c1. The molecule has 1 aromatic heterocycles. The molecule has 0 saturated heterocycles. The molecule has 5 rings (SSSR count). The van der Waals surface area contributed by atoms with Crippen LogP contribution in [0.1, 0.15) is 16.9 Å². The molecule has 1 heterocycles. The van der Waals surface area contributed by atoms with Crippen molar-refractivity contribution >= 4 is 37.7 Å². The summed E-state index contributed by atoms with van der Waals surface area (Å²) in [6.07, 6.45) is 0.580. The highest BCUT2D eigenvalue weighted by molar-refractivity contribution is 7.89. The molecule has 194 valence electrons. The van der Waals surface area contributed by atoms with Crippen molar-refractivity contribution in [3.8, 4) is 16.9 Å². The Balaban J connectivity index is 1.50. The molecule has 5 aromatic rings. The van der Waals surface area contributed by atoms with Gasteiger partial charge in [-0.2, -0.15) is 0 Å². The van der Waals surface area contributed by atoms with Gasteiger partial charge in [-0.05, 0) is 41.6 Å². The minimum atomic E-state index is -3.68. The third-order valence-corrected chi connectivity index (χ3v) is 8.42. The van der Waals surface area contributed by atoms with E-state index in [-0.39, 0.29) is 10.6 Å². The number of nitrogens with zero attached hydrogens (tertiary/aromatic N) is 2. The lowest BCUT2D eigenvalue weighted by molar-refractivity contribution is 0.0686. The van der Waals surface area contributed by atoms with Crippen LogP contribution in [0.3, 0.4) is 0 Å². The first-order valence-corrected chi connectivity index (χ1v) is 13.7. The Morgan fingerprint density at radius 1 is 0.895 bits per heavy atom. The maximum Gasteiger partial charge on any atom is 0.353 e. The van der Waals surface area contributed by atoms with Gasteiger partial charge < -0.3 is 14.4 Å². The van der Waals surface area contributed by atoms with Crippen molar-refractivity contribution in [1.82, 2.24) is 8.87 Å². The summed E-state index contributed by atoms with van der Waals surface area (Å²) in [5.41, 5.74) is 1.92. The zero-order valence-electron chi connectivity index (χ0n) is 21.2. The van der Waals surface area contributed by atoms with Gasteiger partial charge in [-0.1, -0.05) is 66.7 Å². The molecule has 38 heavy (non-hydrogen) atoms. The molecule has 8 heteroatoms. The second kappa shape index (κ2) is 10.3. The quantitative estimate of drug-likeness (QED) is 0.241. The maximum atomic E-state index is 12.8. The largest absolute Gasteiger partial charge is 0.493 e. The molecule has 0 fully saturated rings. The Morgan fingerprint density at radius 2 is 1.58 bits per heavy atom. The van der Waals surface area contributed by atoms with E-state index in [2.05, 4.69) is 0 Å². The number of benzene rings is 4. The lowest BCUT2D eigenvalue weighted by atomic mass is 10.0. The summed E-state index contributed by atoms with van der Waals surface area (Å²) in [5.74, 6) is -0.287. The van der Waals surface area contributed by atoms with E-state index in [1.165, 1.54) is 26.2 Å². The van der Waals surface area contributed by atoms with E-state index in [1.807, 2.05) is 66.7 Å². The molecule has 0 spiro atoms.